The van der Waals surface area contributed by atoms with Crippen LogP contribution in [0.5, 0.6) is 0 Å². The lowest BCUT2D eigenvalue weighted by Gasteiger charge is -2.18. The second kappa shape index (κ2) is 6.07. The fourth-order valence-electron chi connectivity index (χ4n) is 1.88. The van der Waals surface area contributed by atoms with Crippen molar-refractivity contribution in [1.29, 1.82) is 0 Å². The van der Waals surface area contributed by atoms with Gasteiger partial charge in [0.05, 0.1) is 12.1 Å². The lowest BCUT2D eigenvalue weighted by Crippen LogP contribution is -2.32. The molecule has 0 fully saturated rings. The van der Waals surface area contributed by atoms with E-state index in [0.717, 1.165) is 21.2 Å². The fraction of sp³-hybridized carbons (Fsp3) is 0.467. The molecule has 0 amide bonds. The van der Waals surface area contributed by atoms with E-state index >= 15 is 0 Å². The van der Waals surface area contributed by atoms with Crippen molar-refractivity contribution in [3.8, 4) is 0 Å². The molecule has 19 heavy (non-hydrogen) atoms. The molecule has 2 rings (SSSR count). The molecule has 1 heterocycles. The average molecular weight is 326 g/mol. The topological polar surface area (TPSA) is 45.4 Å². The van der Waals surface area contributed by atoms with Gasteiger partial charge in [-0.1, -0.05) is 29.8 Å². The molecule has 4 heteroatoms. The van der Waals surface area contributed by atoms with E-state index in [1.54, 1.807) is 0 Å². The zero-order valence-electron chi connectivity index (χ0n) is 11.5. The normalized spacial score (nSPS) is 15.1. The van der Waals surface area contributed by atoms with E-state index in [9.17, 15) is 5.11 Å². The van der Waals surface area contributed by atoms with Crippen molar-refractivity contribution < 1.29 is 9.52 Å². The van der Waals surface area contributed by atoms with Crippen LogP contribution in [0.1, 0.15) is 32.6 Å². The standard InChI is InChI=1S/C15H20BrNO2/c1-9(2)13(18)8-17-10(3)15-7-11-6-12(16)4-5-14(11)19-15/h4-7,9-10,13,17-18H,8H2,1-3H3. The maximum atomic E-state index is 9.80. The number of halogens is 1. The zero-order valence-corrected chi connectivity index (χ0v) is 13.1. The van der Waals surface area contributed by atoms with Crippen LogP contribution in [0.4, 0.5) is 0 Å². The van der Waals surface area contributed by atoms with Crippen molar-refractivity contribution in [3.63, 3.8) is 0 Å². The molecule has 0 aliphatic heterocycles. The monoisotopic (exact) mass is 325 g/mol. The molecule has 0 radical (unpaired) electrons. The Morgan fingerprint density at radius 2 is 2.00 bits per heavy atom. The van der Waals surface area contributed by atoms with Crippen molar-refractivity contribution in [1.82, 2.24) is 5.32 Å². The van der Waals surface area contributed by atoms with Crippen LogP contribution in [0, 0.1) is 5.92 Å². The van der Waals surface area contributed by atoms with Gasteiger partial charge in [-0.25, -0.2) is 0 Å². The van der Waals surface area contributed by atoms with Gasteiger partial charge in [-0.3, -0.25) is 0 Å². The molecule has 1 aromatic heterocycles. The molecule has 2 N–H and O–H groups in total. The van der Waals surface area contributed by atoms with E-state index in [0.29, 0.717) is 6.54 Å². The predicted molar refractivity (Wildman–Crippen MR) is 81.2 cm³/mol. The number of hydrogen-bond acceptors (Lipinski definition) is 3. The quantitative estimate of drug-likeness (QED) is 0.877. The average Bonchev–Trinajstić information content (AvgIpc) is 2.78. The van der Waals surface area contributed by atoms with Crippen LogP contribution in [0.15, 0.2) is 33.2 Å². The lowest BCUT2D eigenvalue weighted by atomic mass is 10.1. The molecule has 0 aliphatic rings. The minimum Gasteiger partial charge on any atom is -0.459 e. The lowest BCUT2D eigenvalue weighted by molar-refractivity contribution is 0.120. The van der Waals surface area contributed by atoms with Crippen molar-refractivity contribution >= 4 is 26.9 Å². The number of furan rings is 1. The minimum atomic E-state index is -0.332. The highest BCUT2D eigenvalue weighted by molar-refractivity contribution is 9.10. The van der Waals surface area contributed by atoms with Crippen molar-refractivity contribution in [2.75, 3.05) is 6.54 Å². The van der Waals surface area contributed by atoms with Gasteiger partial charge in [0.15, 0.2) is 0 Å². The Morgan fingerprint density at radius 1 is 1.26 bits per heavy atom. The summed E-state index contributed by atoms with van der Waals surface area (Å²) in [4.78, 5) is 0. The SMILES string of the molecule is CC(NCC(O)C(C)C)c1cc2cc(Br)ccc2o1. The van der Waals surface area contributed by atoms with Crippen LogP contribution in [0.2, 0.25) is 0 Å². The maximum absolute atomic E-state index is 9.80. The van der Waals surface area contributed by atoms with Gasteiger partial charge in [0.1, 0.15) is 11.3 Å². The van der Waals surface area contributed by atoms with Crippen molar-refractivity contribution in [2.24, 2.45) is 5.92 Å². The third kappa shape index (κ3) is 3.59. The molecule has 1 aromatic carbocycles. The van der Waals surface area contributed by atoms with Crippen molar-refractivity contribution in [2.45, 2.75) is 32.9 Å². The zero-order chi connectivity index (χ0) is 14.0. The summed E-state index contributed by atoms with van der Waals surface area (Å²) in [5, 5.41) is 14.2. The molecule has 0 spiro atoms. The van der Waals surface area contributed by atoms with Gasteiger partial charge in [0.25, 0.3) is 0 Å². The van der Waals surface area contributed by atoms with E-state index in [4.69, 9.17) is 4.42 Å². The molecule has 104 valence electrons. The summed E-state index contributed by atoms with van der Waals surface area (Å²) in [6.07, 6.45) is -0.332. The highest BCUT2D eigenvalue weighted by Gasteiger charge is 2.14. The van der Waals surface area contributed by atoms with Crippen LogP contribution >= 0.6 is 15.9 Å². The number of aliphatic hydroxyl groups excluding tert-OH is 1. The Morgan fingerprint density at radius 3 is 2.68 bits per heavy atom. The first-order valence-electron chi connectivity index (χ1n) is 6.58. The third-order valence-corrected chi connectivity index (χ3v) is 3.82. The van der Waals surface area contributed by atoms with Crippen LogP contribution in [-0.4, -0.2) is 17.8 Å². The number of hydrogen-bond donors (Lipinski definition) is 2. The summed E-state index contributed by atoms with van der Waals surface area (Å²) in [6, 6.07) is 8.09. The Kier molecular flexibility index (Phi) is 4.66. The molecular formula is C15H20BrNO2. The number of rotatable bonds is 5. The Labute approximate surface area is 122 Å². The summed E-state index contributed by atoms with van der Waals surface area (Å²) in [7, 11) is 0. The molecule has 0 saturated carbocycles. The number of aliphatic hydroxyl groups is 1. The largest absolute Gasteiger partial charge is 0.459 e. The molecule has 0 bridgehead atoms. The first-order chi connectivity index (χ1) is 8.97. The molecule has 2 aromatic rings. The van der Waals surface area contributed by atoms with Crippen LogP contribution in [-0.2, 0) is 0 Å². The molecule has 2 unspecified atom stereocenters. The van der Waals surface area contributed by atoms with E-state index in [1.165, 1.54) is 0 Å². The van der Waals surface area contributed by atoms with Gasteiger partial charge in [-0.2, -0.15) is 0 Å². The van der Waals surface area contributed by atoms with E-state index in [1.807, 2.05) is 45.0 Å². The predicted octanol–water partition coefficient (Wildman–Crippen LogP) is 3.86. The minimum absolute atomic E-state index is 0.0829. The van der Waals surface area contributed by atoms with Crippen molar-refractivity contribution in [3.05, 3.63) is 34.5 Å². The first-order valence-corrected chi connectivity index (χ1v) is 7.37. The van der Waals surface area contributed by atoms with Gasteiger partial charge in [-0.05, 0) is 37.1 Å². The Balaban J connectivity index is 2.07. The van der Waals surface area contributed by atoms with E-state index < -0.39 is 0 Å². The van der Waals surface area contributed by atoms with E-state index in [2.05, 4.69) is 21.2 Å². The summed E-state index contributed by atoms with van der Waals surface area (Å²) >= 11 is 3.45. The highest BCUT2D eigenvalue weighted by Crippen LogP contribution is 2.26. The summed E-state index contributed by atoms with van der Waals surface area (Å²) in [5.41, 5.74) is 0.885. The molecule has 0 saturated heterocycles. The molecule has 3 nitrogen and oxygen atoms in total. The fourth-order valence-corrected chi connectivity index (χ4v) is 2.26. The maximum Gasteiger partial charge on any atom is 0.134 e. The Bertz CT molecular complexity index is 550. The van der Waals surface area contributed by atoms with Gasteiger partial charge in [0, 0.05) is 16.4 Å². The van der Waals surface area contributed by atoms with Gasteiger partial charge >= 0.3 is 0 Å². The van der Waals surface area contributed by atoms with Gasteiger partial charge in [0.2, 0.25) is 0 Å². The first kappa shape index (κ1) is 14.6. The second-order valence-corrected chi connectivity index (χ2v) is 6.19. The summed E-state index contributed by atoms with van der Waals surface area (Å²) in [6.45, 7) is 6.63. The second-order valence-electron chi connectivity index (χ2n) is 5.27. The smallest absolute Gasteiger partial charge is 0.134 e. The van der Waals surface area contributed by atoms with Crippen LogP contribution < -0.4 is 5.32 Å². The summed E-state index contributed by atoms with van der Waals surface area (Å²) < 4.78 is 6.86. The highest BCUT2D eigenvalue weighted by atomic mass is 79.9. The number of fused-ring (bicyclic) bond motifs is 1. The number of benzene rings is 1. The van der Waals surface area contributed by atoms with E-state index in [-0.39, 0.29) is 18.1 Å². The third-order valence-electron chi connectivity index (χ3n) is 3.33. The van der Waals surface area contributed by atoms with Gasteiger partial charge in [-0.15, -0.1) is 0 Å². The Hall–Kier alpha value is -0.840. The summed E-state index contributed by atoms with van der Waals surface area (Å²) in [5.74, 6) is 1.15. The van der Waals surface area contributed by atoms with Crippen LogP contribution in [0.3, 0.4) is 0 Å². The molecular weight excluding hydrogens is 306 g/mol. The molecule has 2 atom stereocenters. The van der Waals surface area contributed by atoms with Gasteiger partial charge < -0.3 is 14.8 Å². The number of nitrogens with one attached hydrogen (secondary N) is 1. The van der Waals surface area contributed by atoms with Crippen LogP contribution in [0.25, 0.3) is 11.0 Å². The molecule has 0 aliphatic carbocycles.